The molecule has 0 unspecified atom stereocenters. The van der Waals surface area contributed by atoms with E-state index in [1.807, 2.05) is 0 Å². The number of rotatable bonds is 1. The van der Waals surface area contributed by atoms with Crippen LogP contribution >= 0.6 is 15.9 Å². The predicted molar refractivity (Wildman–Crippen MR) is 43.9 cm³/mol. The number of hydrogen-bond donors (Lipinski definition) is 1. The van der Waals surface area contributed by atoms with Gasteiger partial charge in [0, 0.05) is 4.47 Å². The highest BCUT2D eigenvalue weighted by molar-refractivity contribution is 9.10. The number of aromatic carboxylic acids is 1. The minimum Gasteiger partial charge on any atom is -0.477 e. The minimum absolute atomic E-state index is 0.0252. The molecule has 7 heteroatoms. The summed E-state index contributed by atoms with van der Waals surface area (Å²) >= 11 is 2.77. The average molecular weight is 270 g/mol. The summed E-state index contributed by atoms with van der Waals surface area (Å²) in [5.74, 6) is -1.50. The van der Waals surface area contributed by atoms with Crippen molar-refractivity contribution in [3.63, 3.8) is 0 Å². The Hall–Kier alpha value is -1.11. The van der Waals surface area contributed by atoms with Gasteiger partial charge in [-0.1, -0.05) is 15.9 Å². The van der Waals surface area contributed by atoms with Gasteiger partial charge in [-0.05, 0) is 12.1 Å². The first kappa shape index (κ1) is 11.0. The Morgan fingerprint density at radius 1 is 1.43 bits per heavy atom. The molecular formula is C7H3BrF3NO2. The number of carboxylic acid groups (broad SMARTS) is 1. The summed E-state index contributed by atoms with van der Waals surface area (Å²) in [6, 6.07) is 1.71. The molecule has 0 bridgehead atoms. The van der Waals surface area contributed by atoms with Crippen molar-refractivity contribution in [1.82, 2.24) is 4.98 Å². The van der Waals surface area contributed by atoms with E-state index in [-0.39, 0.29) is 4.47 Å². The van der Waals surface area contributed by atoms with E-state index in [2.05, 4.69) is 20.9 Å². The van der Waals surface area contributed by atoms with E-state index < -0.39 is 23.5 Å². The van der Waals surface area contributed by atoms with Crippen molar-refractivity contribution in [3.05, 3.63) is 28.0 Å². The molecule has 0 saturated heterocycles. The maximum Gasteiger partial charge on any atom is 0.433 e. The highest BCUT2D eigenvalue weighted by Gasteiger charge is 2.33. The molecule has 0 aliphatic heterocycles. The molecular weight excluding hydrogens is 267 g/mol. The number of halogens is 4. The molecule has 76 valence electrons. The van der Waals surface area contributed by atoms with Crippen LogP contribution in [0.4, 0.5) is 13.2 Å². The highest BCUT2D eigenvalue weighted by Crippen LogP contribution is 2.29. The highest BCUT2D eigenvalue weighted by atomic mass is 79.9. The SMILES string of the molecule is O=C(O)c1cc(Br)cc(C(F)(F)F)n1. The van der Waals surface area contributed by atoms with Crippen molar-refractivity contribution >= 4 is 21.9 Å². The molecule has 1 heterocycles. The Morgan fingerprint density at radius 3 is 2.43 bits per heavy atom. The first-order chi connectivity index (χ1) is 6.30. The van der Waals surface area contributed by atoms with Gasteiger partial charge in [0.05, 0.1) is 0 Å². The molecule has 0 fully saturated rings. The molecule has 0 spiro atoms. The Morgan fingerprint density at radius 2 is 2.00 bits per heavy atom. The maximum absolute atomic E-state index is 12.1. The molecule has 0 radical (unpaired) electrons. The third-order valence-electron chi connectivity index (χ3n) is 1.30. The third kappa shape index (κ3) is 2.44. The van der Waals surface area contributed by atoms with E-state index >= 15 is 0 Å². The van der Waals surface area contributed by atoms with Crippen LogP contribution in [0.1, 0.15) is 16.2 Å². The van der Waals surface area contributed by atoms with E-state index in [9.17, 15) is 18.0 Å². The summed E-state index contributed by atoms with van der Waals surface area (Å²) in [6.07, 6.45) is -4.64. The van der Waals surface area contributed by atoms with Crippen LogP contribution in [0.2, 0.25) is 0 Å². The van der Waals surface area contributed by atoms with Gasteiger partial charge in [-0.3, -0.25) is 0 Å². The number of alkyl halides is 3. The van der Waals surface area contributed by atoms with Crippen LogP contribution in [0.15, 0.2) is 16.6 Å². The van der Waals surface area contributed by atoms with Gasteiger partial charge in [0.1, 0.15) is 11.4 Å². The lowest BCUT2D eigenvalue weighted by Crippen LogP contribution is -2.11. The fourth-order valence-electron chi connectivity index (χ4n) is 0.752. The molecule has 0 aliphatic rings. The lowest BCUT2D eigenvalue weighted by Gasteiger charge is -2.06. The average Bonchev–Trinajstić information content (AvgIpc) is 2.01. The second-order valence-electron chi connectivity index (χ2n) is 2.36. The van der Waals surface area contributed by atoms with Crippen molar-refractivity contribution in [2.45, 2.75) is 6.18 Å². The van der Waals surface area contributed by atoms with Crippen LogP contribution in [0.5, 0.6) is 0 Å². The molecule has 3 nitrogen and oxygen atoms in total. The van der Waals surface area contributed by atoms with Gasteiger partial charge < -0.3 is 5.11 Å². The zero-order chi connectivity index (χ0) is 10.9. The van der Waals surface area contributed by atoms with Crippen LogP contribution in [0, 0.1) is 0 Å². The summed E-state index contributed by atoms with van der Waals surface area (Å²) in [5.41, 5.74) is -1.88. The Balaban J connectivity index is 3.28. The fourth-order valence-corrected chi connectivity index (χ4v) is 1.19. The molecule has 1 N–H and O–H groups in total. The normalized spacial score (nSPS) is 11.4. The second-order valence-corrected chi connectivity index (χ2v) is 3.27. The van der Waals surface area contributed by atoms with Gasteiger partial charge in [-0.15, -0.1) is 0 Å². The second kappa shape index (κ2) is 3.56. The Kier molecular flexibility index (Phi) is 2.79. The van der Waals surface area contributed by atoms with Crippen molar-refractivity contribution in [2.24, 2.45) is 0 Å². The lowest BCUT2D eigenvalue weighted by atomic mass is 10.3. The molecule has 1 aromatic heterocycles. The first-order valence-electron chi connectivity index (χ1n) is 3.29. The molecule has 14 heavy (non-hydrogen) atoms. The minimum atomic E-state index is -4.64. The van der Waals surface area contributed by atoms with Crippen molar-refractivity contribution in [2.75, 3.05) is 0 Å². The standard InChI is InChI=1S/C7H3BrF3NO2/c8-3-1-4(6(13)14)12-5(2-3)7(9,10)11/h1-2H,(H,13,14). The van der Waals surface area contributed by atoms with Crippen LogP contribution in [-0.2, 0) is 6.18 Å². The molecule has 0 aromatic carbocycles. The lowest BCUT2D eigenvalue weighted by molar-refractivity contribution is -0.141. The zero-order valence-corrected chi connectivity index (χ0v) is 8.06. The Bertz CT molecular complexity index is 378. The van der Waals surface area contributed by atoms with Gasteiger partial charge in [0.25, 0.3) is 0 Å². The van der Waals surface area contributed by atoms with Gasteiger partial charge in [-0.2, -0.15) is 13.2 Å². The van der Waals surface area contributed by atoms with Gasteiger partial charge in [0.2, 0.25) is 0 Å². The molecule has 0 amide bonds. The summed E-state index contributed by atoms with van der Waals surface area (Å²) in [7, 11) is 0. The topological polar surface area (TPSA) is 50.2 Å². The zero-order valence-electron chi connectivity index (χ0n) is 6.47. The molecule has 0 atom stereocenters. The quantitative estimate of drug-likeness (QED) is 0.853. The summed E-state index contributed by atoms with van der Waals surface area (Å²) < 4.78 is 36.4. The first-order valence-corrected chi connectivity index (χ1v) is 4.08. The molecule has 0 aliphatic carbocycles. The summed E-state index contributed by atoms with van der Waals surface area (Å²) in [6.45, 7) is 0. The van der Waals surface area contributed by atoms with Crippen LogP contribution in [0.3, 0.4) is 0 Å². The number of carbonyl (C=O) groups is 1. The van der Waals surface area contributed by atoms with E-state index in [0.29, 0.717) is 6.07 Å². The van der Waals surface area contributed by atoms with Crippen molar-refractivity contribution < 1.29 is 23.1 Å². The predicted octanol–water partition coefficient (Wildman–Crippen LogP) is 2.56. The van der Waals surface area contributed by atoms with Crippen LogP contribution < -0.4 is 0 Å². The van der Waals surface area contributed by atoms with E-state index in [0.717, 1.165) is 6.07 Å². The number of carboxylic acids is 1. The molecule has 1 aromatic rings. The third-order valence-corrected chi connectivity index (χ3v) is 1.76. The number of aromatic nitrogens is 1. The number of hydrogen-bond acceptors (Lipinski definition) is 2. The van der Waals surface area contributed by atoms with E-state index in [1.54, 1.807) is 0 Å². The van der Waals surface area contributed by atoms with Crippen LogP contribution in [0.25, 0.3) is 0 Å². The van der Waals surface area contributed by atoms with Crippen LogP contribution in [-0.4, -0.2) is 16.1 Å². The van der Waals surface area contributed by atoms with Crippen molar-refractivity contribution in [3.8, 4) is 0 Å². The fraction of sp³-hybridized carbons (Fsp3) is 0.143. The molecule has 0 saturated carbocycles. The van der Waals surface area contributed by atoms with E-state index in [4.69, 9.17) is 5.11 Å². The van der Waals surface area contributed by atoms with Gasteiger partial charge in [-0.25, -0.2) is 9.78 Å². The monoisotopic (exact) mass is 269 g/mol. The smallest absolute Gasteiger partial charge is 0.433 e. The van der Waals surface area contributed by atoms with E-state index in [1.165, 1.54) is 0 Å². The summed E-state index contributed by atoms with van der Waals surface area (Å²) in [5, 5.41) is 8.45. The maximum atomic E-state index is 12.1. The van der Waals surface area contributed by atoms with Gasteiger partial charge in [0.15, 0.2) is 0 Å². The van der Waals surface area contributed by atoms with Gasteiger partial charge >= 0.3 is 12.1 Å². The summed E-state index contributed by atoms with van der Waals surface area (Å²) in [4.78, 5) is 13.3. The number of nitrogens with zero attached hydrogens (tertiary/aromatic N) is 1. The largest absolute Gasteiger partial charge is 0.477 e. The molecule has 1 rings (SSSR count). The Labute approximate surface area is 84.7 Å². The van der Waals surface area contributed by atoms with Crippen molar-refractivity contribution in [1.29, 1.82) is 0 Å². The number of pyridine rings is 1.